The third-order valence-corrected chi connectivity index (χ3v) is 7.01. The van der Waals surface area contributed by atoms with Crippen molar-refractivity contribution in [3.63, 3.8) is 0 Å². The number of methoxy groups -OCH3 is 2. The molecule has 0 aromatic carbocycles. The molecule has 0 N–H and O–H groups in total. The van der Waals surface area contributed by atoms with Crippen LogP contribution >= 0.6 is 11.8 Å². The Morgan fingerprint density at radius 3 is 1.56 bits per heavy atom. The molecule has 0 aliphatic heterocycles. The first-order chi connectivity index (χ1) is 12.1. The van der Waals surface area contributed by atoms with Gasteiger partial charge < -0.3 is 9.47 Å². The van der Waals surface area contributed by atoms with Crippen molar-refractivity contribution in [1.82, 2.24) is 0 Å². The molecule has 0 radical (unpaired) electrons. The summed E-state index contributed by atoms with van der Waals surface area (Å²) >= 11 is 2.17. The summed E-state index contributed by atoms with van der Waals surface area (Å²) in [5.41, 5.74) is 0. The van der Waals surface area contributed by atoms with E-state index in [2.05, 4.69) is 62.1 Å². The molecule has 2 unspecified atom stereocenters. The lowest BCUT2D eigenvalue weighted by molar-refractivity contribution is 0.301. The van der Waals surface area contributed by atoms with Crippen LogP contribution in [0.5, 0.6) is 0 Å². The fourth-order valence-corrected chi connectivity index (χ4v) is 5.48. The summed E-state index contributed by atoms with van der Waals surface area (Å²) in [6.45, 7) is 4.56. The number of unbranched alkanes of at least 4 members (excludes halogenated alkanes) is 2. The highest BCUT2D eigenvalue weighted by Gasteiger charge is 2.39. The number of hydrogen-bond acceptors (Lipinski definition) is 3. The van der Waals surface area contributed by atoms with Gasteiger partial charge in [0.2, 0.25) is 0 Å². The molecule has 3 heteroatoms. The second-order valence-electron chi connectivity index (χ2n) is 7.13. The summed E-state index contributed by atoms with van der Waals surface area (Å²) in [5.74, 6) is 1.99. The Kier molecular flexibility index (Phi) is 7.74. The minimum atomic E-state index is 0.175. The van der Waals surface area contributed by atoms with E-state index < -0.39 is 0 Å². The lowest BCUT2D eigenvalue weighted by Gasteiger charge is -2.42. The van der Waals surface area contributed by atoms with Crippen LogP contribution in [0.4, 0.5) is 0 Å². The molecular weight excluding hydrogens is 328 g/mol. The second kappa shape index (κ2) is 9.56. The summed E-state index contributed by atoms with van der Waals surface area (Å²) in [6.07, 6.45) is 23.2. The molecule has 140 valence electrons. The van der Waals surface area contributed by atoms with Gasteiger partial charge in [0.15, 0.2) is 0 Å². The fraction of sp³-hybridized carbons (Fsp3) is 0.636. The molecular formula is C22H34O2S. The van der Waals surface area contributed by atoms with Crippen molar-refractivity contribution in [1.29, 1.82) is 0 Å². The Balaban J connectivity index is 2.21. The van der Waals surface area contributed by atoms with Gasteiger partial charge in [-0.25, -0.2) is 0 Å². The largest absolute Gasteiger partial charge is 0.497 e. The SMILES string of the molecule is CCCCC1(SC2(CCCC)C=CC(OC)=CC2)C=CC(OC)=CC1. The van der Waals surface area contributed by atoms with Gasteiger partial charge in [-0.15, -0.1) is 11.8 Å². The molecule has 2 aliphatic carbocycles. The molecule has 0 aromatic rings. The van der Waals surface area contributed by atoms with Crippen LogP contribution in [-0.2, 0) is 9.47 Å². The smallest absolute Gasteiger partial charge is 0.114 e. The predicted octanol–water partition coefficient (Wildman–Crippen LogP) is 6.56. The minimum absolute atomic E-state index is 0.175. The van der Waals surface area contributed by atoms with E-state index >= 15 is 0 Å². The Labute approximate surface area is 158 Å². The van der Waals surface area contributed by atoms with Crippen molar-refractivity contribution in [2.75, 3.05) is 14.2 Å². The molecule has 0 fully saturated rings. The molecule has 0 amide bonds. The second-order valence-corrected chi connectivity index (χ2v) is 8.97. The number of rotatable bonds is 10. The molecule has 2 rings (SSSR count). The maximum Gasteiger partial charge on any atom is 0.114 e. The Hall–Kier alpha value is -1.09. The van der Waals surface area contributed by atoms with E-state index in [-0.39, 0.29) is 9.49 Å². The van der Waals surface area contributed by atoms with Crippen LogP contribution in [0.15, 0.2) is 48.0 Å². The summed E-state index contributed by atoms with van der Waals surface area (Å²) in [6, 6.07) is 0. The highest BCUT2D eigenvalue weighted by atomic mass is 32.2. The van der Waals surface area contributed by atoms with Crippen molar-refractivity contribution in [3.8, 4) is 0 Å². The molecule has 0 aromatic heterocycles. The lowest BCUT2D eigenvalue weighted by atomic mass is 9.92. The molecule has 0 saturated heterocycles. The van der Waals surface area contributed by atoms with Crippen molar-refractivity contribution in [3.05, 3.63) is 48.0 Å². The topological polar surface area (TPSA) is 18.5 Å². The van der Waals surface area contributed by atoms with Crippen molar-refractivity contribution >= 4 is 11.8 Å². The van der Waals surface area contributed by atoms with Gasteiger partial charge >= 0.3 is 0 Å². The highest BCUT2D eigenvalue weighted by Crippen LogP contribution is 2.51. The van der Waals surface area contributed by atoms with Crippen molar-refractivity contribution < 1.29 is 9.47 Å². The number of ether oxygens (including phenoxy) is 2. The summed E-state index contributed by atoms with van der Waals surface area (Å²) in [5, 5.41) is 0. The Bertz CT molecular complexity index is 498. The van der Waals surface area contributed by atoms with Crippen LogP contribution < -0.4 is 0 Å². The van der Waals surface area contributed by atoms with E-state index in [0.29, 0.717) is 0 Å². The van der Waals surface area contributed by atoms with Crippen LogP contribution in [-0.4, -0.2) is 23.7 Å². The standard InChI is InChI=1S/C22H34O2S/c1-5-7-13-21(15-9-19(23-3)10-16-21)25-22(14-8-6-2)17-11-20(24-4)12-18-22/h9-12,15,17H,5-8,13-14,16,18H2,1-4H3. The van der Waals surface area contributed by atoms with Gasteiger partial charge in [-0.1, -0.05) is 51.7 Å². The van der Waals surface area contributed by atoms with Gasteiger partial charge in [0, 0.05) is 9.49 Å². The van der Waals surface area contributed by atoms with E-state index in [4.69, 9.17) is 9.47 Å². The summed E-state index contributed by atoms with van der Waals surface area (Å²) in [4.78, 5) is 0. The molecule has 2 nitrogen and oxygen atoms in total. The van der Waals surface area contributed by atoms with Gasteiger partial charge in [-0.2, -0.15) is 0 Å². The molecule has 0 heterocycles. The van der Waals surface area contributed by atoms with Crippen LogP contribution in [0.2, 0.25) is 0 Å². The first kappa shape index (κ1) is 20.2. The van der Waals surface area contributed by atoms with E-state index in [1.807, 2.05) is 0 Å². The van der Waals surface area contributed by atoms with Gasteiger partial charge in [-0.05, 0) is 50.0 Å². The van der Waals surface area contributed by atoms with Crippen LogP contribution in [0.3, 0.4) is 0 Å². The number of allylic oxidation sites excluding steroid dienone is 4. The summed E-state index contributed by atoms with van der Waals surface area (Å²) in [7, 11) is 3.51. The molecule has 2 aliphatic rings. The molecule has 0 saturated carbocycles. The highest BCUT2D eigenvalue weighted by molar-refractivity contribution is 8.02. The average Bonchev–Trinajstić information content (AvgIpc) is 2.66. The normalized spacial score (nSPS) is 28.5. The first-order valence-corrected chi connectivity index (χ1v) is 10.5. The van der Waals surface area contributed by atoms with Crippen LogP contribution in [0.1, 0.15) is 65.2 Å². The lowest BCUT2D eigenvalue weighted by Crippen LogP contribution is -2.34. The first-order valence-electron chi connectivity index (χ1n) is 9.68. The van der Waals surface area contributed by atoms with Gasteiger partial charge in [-0.3, -0.25) is 0 Å². The maximum atomic E-state index is 5.42. The van der Waals surface area contributed by atoms with Gasteiger partial charge in [0.1, 0.15) is 11.5 Å². The molecule has 0 bridgehead atoms. The average molecular weight is 363 g/mol. The molecule has 0 spiro atoms. The maximum absolute atomic E-state index is 5.42. The zero-order chi connectivity index (χ0) is 18.2. The van der Waals surface area contributed by atoms with E-state index in [1.165, 1.54) is 38.5 Å². The third kappa shape index (κ3) is 5.44. The van der Waals surface area contributed by atoms with E-state index in [9.17, 15) is 0 Å². The third-order valence-electron chi connectivity index (χ3n) is 5.19. The Morgan fingerprint density at radius 1 is 0.840 bits per heavy atom. The van der Waals surface area contributed by atoms with Gasteiger partial charge in [0.05, 0.1) is 14.2 Å². The monoisotopic (exact) mass is 362 g/mol. The minimum Gasteiger partial charge on any atom is -0.497 e. The van der Waals surface area contributed by atoms with Crippen molar-refractivity contribution in [2.45, 2.75) is 74.7 Å². The van der Waals surface area contributed by atoms with Crippen LogP contribution in [0.25, 0.3) is 0 Å². The number of thioether (sulfide) groups is 1. The Morgan fingerprint density at radius 2 is 1.28 bits per heavy atom. The zero-order valence-electron chi connectivity index (χ0n) is 16.3. The quantitative estimate of drug-likeness (QED) is 0.438. The summed E-state index contributed by atoms with van der Waals surface area (Å²) < 4.78 is 11.2. The zero-order valence-corrected chi connectivity index (χ0v) is 17.2. The van der Waals surface area contributed by atoms with Gasteiger partial charge in [0.25, 0.3) is 0 Å². The number of hydrogen-bond donors (Lipinski definition) is 0. The van der Waals surface area contributed by atoms with E-state index in [0.717, 1.165) is 24.4 Å². The molecule has 25 heavy (non-hydrogen) atoms. The molecule has 2 atom stereocenters. The fourth-order valence-electron chi connectivity index (χ4n) is 3.57. The van der Waals surface area contributed by atoms with E-state index in [1.54, 1.807) is 14.2 Å². The van der Waals surface area contributed by atoms with Crippen LogP contribution in [0, 0.1) is 0 Å². The van der Waals surface area contributed by atoms with Crippen molar-refractivity contribution in [2.24, 2.45) is 0 Å². The predicted molar refractivity (Wildman–Crippen MR) is 110 cm³/mol.